The highest BCUT2D eigenvalue weighted by molar-refractivity contribution is 8.74. The second-order valence-electron chi connectivity index (χ2n) is 1.57. The van der Waals surface area contributed by atoms with E-state index in [0.717, 1.165) is 15.7 Å². The van der Waals surface area contributed by atoms with Crippen LogP contribution in [-0.2, 0) is 0 Å². The summed E-state index contributed by atoms with van der Waals surface area (Å²) in [6.45, 7) is 0. The molecule has 0 aliphatic rings. The van der Waals surface area contributed by atoms with Gasteiger partial charge in [0, 0.05) is 28.1 Å². The Balaban J connectivity index is 2.45. The molecule has 11 heavy (non-hydrogen) atoms. The third-order valence-electron chi connectivity index (χ3n) is 0.829. The Bertz CT molecular complexity index is 241. The molecule has 1 heterocycles. The molecule has 0 fully saturated rings. The van der Waals surface area contributed by atoms with E-state index >= 15 is 0 Å². The molecule has 0 bridgehead atoms. The van der Waals surface area contributed by atoms with Crippen LogP contribution in [0.3, 0.4) is 0 Å². The van der Waals surface area contributed by atoms with Gasteiger partial charge in [-0.3, -0.25) is 4.98 Å². The van der Waals surface area contributed by atoms with Crippen LogP contribution in [0.5, 0.6) is 0 Å². The van der Waals surface area contributed by atoms with Crippen molar-refractivity contribution in [3.05, 3.63) is 34.6 Å². The molecular formula is C5H4N2O2S2. The maximum atomic E-state index is 9.90. The van der Waals surface area contributed by atoms with E-state index < -0.39 is 4.33 Å². The van der Waals surface area contributed by atoms with Crippen LogP contribution in [-0.4, -0.2) is 9.31 Å². The molecule has 0 unspecified atom stereocenters. The van der Waals surface area contributed by atoms with Crippen LogP contribution < -0.4 is 0 Å². The molecule has 0 N–H and O–H groups in total. The first-order chi connectivity index (χ1) is 5.29. The molecule has 0 spiro atoms. The highest BCUT2D eigenvalue weighted by atomic mass is 33.1. The van der Waals surface area contributed by atoms with E-state index in [1.807, 2.05) is 0 Å². The first kappa shape index (κ1) is 8.35. The lowest BCUT2D eigenvalue weighted by Crippen LogP contribution is -1.77. The second-order valence-corrected chi connectivity index (χ2v) is 3.60. The van der Waals surface area contributed by atoms with Gasteiger partial charge in [0.05, 0.1) is 0 Å². The van der Waals surface area contributed by atoms with Gasteiger partial charge in [-0.1, -0.05) is 0 Å². The minimum Gasteiger partial charge on any atom is -0.264 e. The quantitative estimate of drug-likeness (QED) is 0.314. The van der Waals surface area contributed by atoms with Crippen LogP contribution in [0.2, 0.25) is 0 Å². The summed E-state index contributed by atoms with van der Waals surface area (Å²) in [6.07, 6.45) is 3.21. The Labute approximate surface area is 71.1 Å². The molecule has 0 atom stereocenters. The zero-order chi connectivity index (χ0) is 8.10. The van der Waals surface area contributed by atoms with Crippen LogP contribution in [0, 0.1) is 10.1 Å². The van der Waals surface area contributed by atoms with Crippen LogP contribution >= 0.6 is 21.8 Å². The third kappa shape index (κ3) is 3.24. The topological polar surface area (TPSA) is 56.0 Å². The molecular weight excluding hydrogens is 184 g/mol. The molecule has 0 saturated heterocycles. The Morgan fingerprint density at radius 1 is 1.64 bits per heavy atom. The first-order valence-electron chi connectivity index (χ1n) is 2.68. The number of hydrogen-bond donors (Lipinski definition) is 0. The molecule has 0 amide bonds. The summed E-state index contributed by atoms with van der Waals surface area (Å²) in [5.41, 5.74) is 0. The van der Waals surface area contributed by atoms with E-state index in [2.05, 4.69) is 4.98 Å². The monoisotopic (exact) mass is 188 g/mol. The molecule has 0 aliphatic carbocycles. The maximum Gasteiger partial charge on any atom is 0.305 e. The molecule has 1 rings (SSSR count). The number of hydrogen-bond acceptors (Lipinski definition) is 5. The molecule has 0 saturated carbocycles. The fourth-order valence-electron chi connectivity index (χ4n) is 0.470. The second kappa shape index (κ2) is 4.20. The normalized spacial score (nSPS) is 9.45. The van der Waals surface area contributed by atoms with Gasteiger partial charge in [0.1, 0.15) is 4.33 Å². The van der Waals surface area contributed by atoms with Crippen molar-refractivity contribution >= 4 is 21.8 Å². The molecule has 1 aromatic heterocycles. The third-order valence-corrected chi connectivity index (χ3v) is 2.63. The van der Waals surface area contributed by atoms with E-state index in [4.69, 9.17) is 0 Å². The van der Waals surface area contributed by atoms with Gasteiger partial charge in [0.15, 0.2) is 0 Å². The minimum atomic E-state index is -0.447. The summed E-state index contributed by atoms with van der Waals surface area (Å²) >= 11 is 0. The van der Waals surface area contributed by atoms with Crippen molar-refractivity contribution in [2.24, 2.45) is 0 Å². The number of nitrogens with zero attached hydrogens (tertiary/aromatic N) is 2. The zero-order valence-corrected chi connectivity index (χ0v) is 6.97. The van der Waals surface area contributed by atoms with Crippen LogP contribution in [0.4, 0.5) is 0 Å². The molecule has 1 aromatic rings. The van der Waals surface area contributed by atoms with E-state index in [1.165, 1.54) is 0 Å². The van der Waals surface area contributed by atoms with Crippen molar-refractivity contribution in [2.75, 3.05) is 0 Å². The number of aromatic nitrogens is 1. The molecule has 6 heteroatoms. The van der Waals surface area contributed by atoms with Crippen LogP contribution in [0.25, 0.3) is 0 Å². The summed E-state index contributed by atoms with van der Waals surface area (Å²) in [5, 5.41) is 9.90. The van der Waals surface area contributed by atoms with Gasteiger partial charge in [-0.2, -0.15) is 0 Å². The summed E-state index contributed by atoms with van der Waals surface area (Å²) in [4.78, 5) is 14.5. The van der Waals surface area contributed by atoms with Crippen molar-refractivity contribution in [3.63, 3.8) is 0 Å². The molecule has 4 nitrogen and oxygen atoms in total. The van der Waals surface area contributed by atoms with E-state index in [9.17, 15) is 10.1 Å². The summed E-state index contributed by atoms with van der Waals surface area (Å²) in [5.74, 6) is 0. The van der Waals surface area contributed by atoms with Crippen molar-refractivity contribution in [2.45, 2.75) is 4.90 Å². The fraction of sp³-hybridized carbons (Fsp3) is 0. The van der Waals surface area contributed by atoms with Gasteiger partial charge in [-0.05, 0) is 12.1 Å². The summed E-state index contributed by atoms with van der Waals surface area (Å²) in [7, 11) is 1.67. The average Bonchev–Trinajstić information content (AvgIpc) is 2.03. The van der Waals surface area contributed by atoms with E-state index in [0.29, 0.717) is 11.0 Å². The fourth-order valence-corrected chi connectivity index (χ4v) is 1.59. The average molecular weight is 188 g/mol. The number of nitro groups is 1. The molecule has 0 aliphatic heterocycles. The van der Waals surface area contributed by atoms with Gasteiger partial charge >= 0.3 is 11.0 Å². The number of pyridine rings is 1. The Morgan fingerprint density at radius 2 is 2.45 bits per heavy atom. The summed E-state index contributed by atoms with van der Waals surface area (Å²) in [6, 6.07) is 3.51. The largest absolute Gasteiger partial charge is 0.305 e. The zero-order valence-electron chi connectivity index (χ0n) is 5.34. The van der Waals surface area contributed by atoms with Crippen molar-refractivity contribution < 1.29 is 4.33 Å². The van der Waals surface area contributed by atoms with Crippen LogP contribution in [0.1, 0.15) is 0 Å². The van der Waals surface area contributed by atoms with Gasteiger partial charge in [0.25, 0.3) is 0 Å². The highest BCUT2D eigenvalue weighted by Gasteiger charge is 2.02. The lowest BCUT2D eigenvalue weighted by Gasteiger charge is -1.89. The predicted octanol–water partition coefficient (Wildman–Crippen LogP) is 2.01. The minimum absolute atomic E-state index is 0.447. The molecule has 0 radical (unpaired) electrons. The van der Waals surface area contributed by atoms with Gasteiger partial charge in [0.2, 0.25) is 0 Å². The van der Waals surface area contributed by atoms with Gasteiger partial charge in [-0.25, -0.2) is 10.1 Å². The SMILES string of the molecule is O=[N+]([O-])SSc1cccnc1. The summed E-state index contributed by atoms with van der Waals surface area (Å²) < 4.78 is -0.447. The van der Waals surface area contributed by atoms with Gasteiger partial charge in [-0.15, -0.1) is 0 Å². The van der Waals surface area contributed by atoms with Gasteiger partial charge < -0.3 is 0 Å². The lowest BCUT2D eigenvalue weighted by atomic mass is 10.5. The highest BCUT2D eigenvalue weighted by Crippen LogP contribution is 2.29. The Hall–Kier alpha value is -0.750. The van der Waals surface area contributed by atoms with Crippen molar-refractivity contribution in [1.29, 1.82) is 0 Å². The predicted molar refractivity (Wildman–Crippen MR) is 44.7 cm³/mol. The van der Waals surface area contributed by atoms with Crippen molar-refractivity contribution in [3.8, 4) is 0 Å². The molecule has 0 aromatic carbocycles. The van der Waals surface area contributed by atoms with E-state index in [1.54, 1.807) is 24.5 Å². The number of rotatable bonds is 3. The molecule has 58 valence electrons. The van der Waals surface area contributed by atoms with Crippen LogP contribution in [0.15, 0.2) is 29.4 Å². The Kier molecular flexibility index (Phi) is 3.18. The first-order valence-corrected chi connectivity index (χ1v) is 4.79. The smallest absolute Gasteiger partial charge is 0.264 e. The Morgan fingerprint density at radius 3 is 3.00 bits per heavy atom. The maximum absolute atomic E-state index is 9.90. The van der Waals surface area contributed by atoms with E-state index in [-0.39, 0.29) is 0 Å². The standard InChI is InChI=1S/C5H4N2O2S2/c8-7(9)11-10-5-2-1-3-6-4-5/h1-4H. The lowest BCUT2D eigenvalue weighted by molar-refractivity contribution is -0.280. The van der Waals surface area contributed by atoms with Crippen molar-refractivity contribution in [1.82, 2.24) is 4.98 Å².